The maximum absolute atomic E-state index is 12.1. The van der Waals surface area contributed by atoms with E-state index in [2.05, 4.69) is 31.7 Å². The molecule has 0 atom stereocenters. The Morgan fingerprint density at radius 1 is 1.25 bits per heavy atom. The average Bonchev–Trinajstić information content (AvgIpc) is 2.93. The summed E-state index contributed by atoms with van der Waals surface area (Å²) in [5.41, 5.74) is 2.25. The van der Waals surface area contributed by atoms with Gasteiger partial charge in [-0.15, -0.1) is 12.4 Å². The first-order valence-electron chi connectivity index (χ1n) is 7.42. The normalized spacial score (nSPS) is 10.3. The zero-order chi connectivity index (χ0) is 16.7. The molecule has 132 valence electrons. The van der Waals surface area contributed by atoms with Crippen molar-refractivity contribution in [3.8, 4) is 5.69 Å². The van der Waals surface area contributed by atoms with Crippen LogP contribution in [-0.2, 0) is 4.74 Å². The number of carbonyl (C=O) groups is 1. The van der Waals surface area contributed by atoms with E-state index in [0.717, 1.165) is 22.4 Å². The summed E-state index contributed by atoms with van der Waals surface area (Å²) in [7, 11) is 1.66. The van der Waals surface area contributed by atoms with Gasteiger partial charge in [-0.2, -0.15) is 5.10 Å². The predicted molar refractivity (Wildman–Crippen MR) is 100 cm³/mol. The number of hydrogen-bond acceptors (Lipinski definition) is 4. The van der Waals surface area contributed by atoms with Crippen LogP contribution < -0.4 is 10.6 Å². The lowest BCUT2D eigenvalue weighted by Gasteiger charge is -2.05. The van der Waals surface area contributed by atoms with Crippen LogP contribution in [0.5, 0.6) is 0 Å². The molecule has 0 aliphatic rings. The molecule has 0 spiro atoms. The molecule has 0 radical (unpaired) electrons. The third kappa shape index (κ3) is 5.90. The Labute approximate surface area is 156 Å². The number of methoxy groups -OCH3 is 1. The fraction of sp³-hybridized carbons (Fsp3) is 0.375. The lowest BCUT2D eigenvalue weighted by Crippen LogP contribution is -2.33. The van der Waals surface area contributed by atoms with Gasteiger partial charge in [-0.25, -0.2) is 4.68 Å². The Balaban J connectivity index is 0.00000288. The minimum atomic E-state index is -0.169. The lowest BCUT2D eigenvalue weighted by molar-refractivity contribution is 0.0948. The van der Waals surface area contributed by atoms with Gasteiger partial charge in [0.1, 0.15) is 0 Å². The van der Waals surface area contributed by atoms with E-state index in [4.69, 9.17) is 4.74 Å². The van der Waals surface area contributed by atoms with Crippen molar-refractivity contribution >= 4 is 34.2 Å². The van der Waals surface area contributed by atoms with Gasteiger partial charge in [0, 0.05) is 36.9 Å². The first kappa shape index (κ1) is 20.6. The van der Waals surface area contributed by atoms with Gasteiger partial charge in [0.05, 0.1) is 12.3 Å². The molecule has 0 fully saturated rings. The van der Waals surface area contributed by atoms with Gasteiger partial charge >= 0.3 is 0 Å². The third-order valence-electron chi connectivity index (χ3n) is 3.26. The second-order valence-electron chi connectivity index (χ2n) is 5.06. The molecule has 0 aliphatic heterocycles. The zero-order valence-electron chi connectivity index (χ0n) is 13.7. The van der Waals surface area contributed by atoms with Gasteiger partial charge in [0.15, 0.2) is 5.69 Å². The summed E-state index contributed by atoms with van der Waals surface area (Å²) in [5.74, 6) is -0.169. The summed E-state index contributed by atoms with van der Waals surface area (Å²) in [5, 5.41) is 10.4. The number of nitrogens with zero attached hydrogens (tertiary/aromatic N) is 2. The predicted octanol–water partition coefficient (Wildman–Crippen LogP) is 2.33. The quantitative estimate of drug-likeness (QED) is 0.647. The Morgan fingerprint density at radius 2 is 1.96 bits per heavy atom. The molecule has 1 aromatic heterocycles. The van der Waals surface area contributed by atoms with Gasteiger partial charge < -0.3 is 15.4 Å². The molecule has 1 amide bonds. The Hall–Kier alpha value is -1.41. The molecule has 0 aliphatic carbocycles. The molecular weight excluding hydrogens is 396 g/mol. The smallest absolute Gasteiger partial charge is 0.271 e. The van der Waals surface area contributed by atoms with Crippen LogP contribution in [0.3, 0.4) is 0 Å². The van der Waals surface area contributed by atoms with Crippen LogP contribution >= 0.6 is 28.3 Å². The highest BCUT2D eigenvalue weighted by Gasteiger charge is 2.12. The molecule has 0 saturated carbocycles. The average molecular weight is 418 g/mol. The van der Waals surface area contributed by atoms with Gasteiger partial charge in [0.25, 0.3) is 5.91 Å². The van der Waals surface area contributed by atoms with Gasteiger partial charge in [-0.05, 0) is 37.3 Å². The van der Waals surface area contributed by atoms with E-state index in [1.54, 1.807) is 17.9 Å². The Bertz CT molecular complexity index is 646. The standard InChI is InChI=1S/C16H21BrN4O2.ClH/c1-12-11-15(16(22)19-8-7-18-9-10-23-2)20-21(12)14-5-3-13(17)4-6-14;/h3-6,11,18H,7-10H2,1-2H3,(H,19,22);1H. The molecule has 8 heteroatoms. The van der Waals surface area contributed by atoms with Crippen LogP contribution in [0.25, 0.3) is 5.69 Å². The summed E-state index contributed by atoms with van der Waals surface area (Å²) >= 11 is 3.41. The molecule has 0 bridgehead atoms. The van der Waals surface area contributed by atoms with Crippen molar-refractivity contribution in [3.63, 3.8) is 0 Å². The topological polar surface area (TPSA) is 68.2 Å². The molecule has 2 N–H and O–H groups in total. The third-order valence-corrected chi connectivity index (χ3v) is 3.79. The molecule has 1 aromatic carbocycles. The first-order chi connectivity index (χ1) is 11.1. The van der Waals surface area contributed by atoms with Crippen molar-refractivity contribution in [2.45, 2.75) is 6.92 Å². The van der Waals surface area contributed by atoms with E-state index in [1.165, 1.54) is 0 Å². The van der Waals surface area contributed by atoms with Crippen molar-refractivity contribution in [2.75, 3.05) is 33.4 Å². The lowest BCUT2D eigenvalue weighted by atomic mass is 10.3. The number of rotatable bonds is 8. The number of nitrogens with one attached hydrogen (secondary N) is 2. The molecular formula is C16H22BrClN4O2. The molecule has 2 aromatic rings. The molecule has 6 nitrogen and oxygen atoms in total. The zero-order valence-corrected chi connectivity index (χ0v) is 16.1. The summed E-state index contributed by atoms with van der Waals surface area (Å²) in [6.45, 7) is 4.60. The van der Waals surface area contributed by atoms with Crippen LogP contribution in [-0.4, -0.2) is 49.0 Å². The van der Waals surface area contributed by atoms with Crippen molar-refractivity contribution < 1.29 is 9.53 Å². The number of hydrogen-bond donors (Lipinski definition) is 2. The summed E-state index contributed by atoms with van der Waals surface area (Å²) in [4.78, 5) is 12.1. The summed E-state index contributed by atoms with van der Waals surface area (Å²) < 4.78 is 7.71. The Kier molecular flexibility index (Phi) is 8.99. The monoisotopic (exact) mass is 416 g/mol. The molecule has 0 unspecified atom stereocenters. The van der Waals surface area contributed by atoms with Gasteiger partial charge in [-0.1, -0.05) is 15.9 Å². The molecule has 0 saturated heterocycles. The highest BCUT2D eigenvalue weighted by molar-refractivity contribution is 9.10. The van der Waals surface area contributed by atoms with Crippen LogP contribution in [0.4, 0.5) is 0 Å². The number of halogens is 2. The second kappa shape index (κ2) is 10.5. The van der Waals surface area contributed by atoms with Crippen molar-refractivity contribution in [2.24, 2.45) is 0 Å². The minimum absolute atomic E-state index is 0. The number of aromatic nitrogens is 2. The first-order valence-corrected chi connectivity index (χ1v) is 8.21. The number of carbonyl (C=O) groups excluding carboxylic acids is 1. The molecule has 24 heavy (non-hydrogen) atoms. The van der Waals surface area contributed by atoms with Gasteiger partial charge in [0.2, 0.25) is 0 Å². The molecule has 2 rings (SSSR count). The van der Waals surface area contributed by atoms with Crippen molar-refractivity contribution in [3.05, 3.63) is 46.2 Å². The van der Waals surface area contributed by atoms with E-state index < -0.39 is 0 Å². The number of aryl methyl sites for hydroxylation is 1. The van der Waals surface area contributed by atoms with E-state index in [9.17, 15) is 4.79 Å². The van der Waals surface area contributed by atoms with Crippen molar-refractivity contribution in [1.29, 1.82) is 0 Å². The van der Waals surface area contributed by atoms with E-state index in [1.807, 2.05) is 31.2 Å². The second-order valence-corrected chi connectivity index (χ2v) is 5.97. The fourth-order valence-corrected chi connectivity index (χ4v) is 2.35. The maximum atomic E-state index is 12.1. The van der Waals surface area contributed by atoms with Crippen LogP contribution in [0.15, 0.2) is 34.8 Å². The highest BCUT2D eigenvalue weighted by Crippen LogP contribution is 2.16. The highest BCUT2D eigenvalue weighted by atomic mass is 79.9. The van der Waals surface area contributed by atoms with Crippen molar-refractivity contribution in [1.82, 2.24) is 20.4 Å². The number of benzene rings is 1. The van der Waals surface area contributed by atoms with Crippen LogP contribution in [0.1, 0.15) is 16.2 Å². The van der Waals surface area contributed by atoms with E-state index in [0.29, 0.717) is 25.4 Å². The van der Waals surface area contributed by atoms with E-state index >= 15 is 0 Å². The maximum Gasteiger partial charge on any atom is 0.271 e. The SMILES string of the molecule is COCCNCCNC(=O)c1cc(C)n(-c2ccc(Br)cc2)n1.Cl. The fourth-order valence-electron chi connectivity index (χ4n) is 2.08. The van der Waals surface area contributed by atoms with Gasteiger partial charge in [-0.3, -0.25) is 4.79 Å². The van der Waals surface area contributed by atoms with E-state index in [-0.39, 0.29) is 18.3 Å². The largest absolute Gasteiger partial charge is 0.383 e. The molecule has 1 heterocycles. The number of amides is 1. The minimum Gasteiger partial charge on any atom is -0.383 e. The summed E-state index contributed by atoms with van der Waals surface area (Å²) in [6.07, 6.45) is 0. The Morgan fingerprint density at radius 3 is 2.62 bits per heavy atom. The number of ether oxygens (including phenoxy) is 1. The van der Waals surface area contributed by atoms with Crippen LogP contribution in [0.2, 0.25) is 0 Å². The summed E-state index contributed by atoms with van der Waals surface area (Å²) in [6, 6.07) is 9.58. The van der Waals surface area contributed by atoms with Crippen LogP contribution in [0, 0.1) is 6.92 Å².